The van der Waals surface area contributed by atoms with Crippen LogP contribution in [0.15, 0.2) is 18.3 Å². The van der Waals surface area contributed by atoms with E-state index in [0.29, 0.717) is 0 Å². The lowest BCUT2D eigenvalue weighted by Gasteiger charge is -2.23. The molecule has 1 atom stereocenters. The van der Waals surface area contributed by atoms with Crippen molar-refractivity contribution in [3.8, 4) is 0 Å². The molecule has 2 aromatic heterocycles. The molecule has 4 rings (SSSR count). The number of imidazole rings is 1. The molecule has 2 aliphatic heterocycles. The average molecular weight is 286 g/mol. The molecule has 1 N–H and O–H groups in total. The van der Waals surface area contributed by atoms with Crippen molar-refractivity contribution in [2.45, 2.75) is 38.3 Å². The van der Waals surface area contributed by atoms with E-state index in [1.54, 1.807) is 0 Å². The Labute approximate surface area is 124 Å². The predicted molar refractivity (Wildman–Crippen MR) is 81.0 cm³/mol. The molecule has 0 bridgehead atoms. The van der Waals surface area contributed by atoms with E-state index >= 15 is 0 Å². The molecule has 0 amide bonds. The Kier molecular flexibility index (Phi) is 3.61. The summed E-state index contributed by atoms with van der Waals surface area (Å²) >= 11 is 0. The van der Waals surface area contributed by atoms with E-state index in [4.69, 9.17) is 9.72 Å². The lowest BCUT2D eigenvalue weighted by molar-refractivity contribution is 0.0565. The first-order chi connectivity index (χ1) is 10.4. The number of nitrogens with one attached hydrogen (secondary N) is 1. The Bertz CT molecular complexity index is 612. The number of piperidine rings is 1. The van der Waals surface area contributed by atoms with Gasteiger partial charge in [-0.2, -0.15) is 0 Å². The molecular formula is C16H22N4O. The van der Waals surface area contributed by atoms with Gasteiger partial charge in [-0.05, 0) is 56.8 Å². The number of hydrogen-bond acceptors (Lipinski definition) is 4. The highest BCUT2D eigenvalue weighted by Crippen LogP contribution is 2.30. The van der Waals surface area contributed by atoms with Gasteiger partial charge in [0.15, 0.2) is 5.65 Å². The predicted octanol–water partition coefficient (Wildman–Crippen LogP) is 2.28. The van der Waals surface area contributed by atoms with Crippen LogP contribution in [0.5, 0.6) is 0 Å². The molecule has 112 valence electrons. The van der Waals surface area contributed by atoms with Crippen LogP contribution in [0.1, 0.15) is 37.7 Å². The first-order valence-electron chi connectivity index (χ1n) is 8.06. The second kappa shape index (κ2) is 5.73. The molecule has 2 saturated heterocycles. The quantitative estimate of drug-likeness (QED) is 0.940. The van der Waals surface area contributed by atoms with Gasteiger partial charge in [-0.3, -0.25) is 4.57 Å². The maximum Gasteiger partial charge on any atom is 0.162 e. The second-order valence-electron chi connectivity index (χ2n) is 6.11. The number of pyridine rings is 1. The largest absolute Gasteiger partial charge is 0.358 e. The van der Waals surface area contributed by atoms with Crippen molar-refractivity contribution in [1.82, 2.24) is 19.9 Å². The Morgan fingerprint density at radius 3 is 3.00 bits per heavy atom. The summed E-state index contributed by atoms with van der Waals surface area (Å²) < 4.78 is 8.16. The Morgan fingerprint density at radius 2 is 2.19 bits per heavy atom. The summed E-state index contributed by atoms with van der Waals surface area (Å²) in [6.45, 7) is 3.11. The van der Waals surface area contributed by atoms with Gasteiger partial charge < -0.3 is 10.1 Å². The van der Waals surface area contributed by atoms with Gasteiger partial charge >= 0.3 is 0 Å². The minimum atomic E-state index is 0.126. The number of ether oxygens (including phenoxy) is 1. The summed E-state index contributed by atoms with van der Waals surface area (Å²) in [5.74, 6) is 1.88. The summed E-state index contributed by atoms with van der Waals surface area (Å²) in [5, 5.41) is 3.43. The zero-order chi connectivity index (χ0) is 14.1. The molecule has 1 unspecified atom stereocenters. The Hall–Kier alpha value is -1.46. The van der Waals surface area contributed by atoms with Crippen molar-refractivity contribution < 1.29 is 4.74 Å². The van der Waals surface area contributed by atoms with Gasteiger partial charge in [0.2, 0.25) is 0 Å². The van der Waals surface area contributed by atoms with E-state index < -0.39 is 0 Å². The minimum Gasteiger partial charge on any atom is -0.358 e. The Morgan fingerprint density at radius 1 is 1.29 bits per heavy atom. The van der Waals surface area contributed by atoms with E-state index in [9.17, 15) is 0 Å². The monoisotopic (exact) mass is 286 g/mol. The molecule has 21 heavy (non-hydrogen) atoms. The number of fused-ring (bicyclic) bond motifs is 1. The standard InChI is InChI=1S/C16H22N4O/c1-3-13-16(18-7-1)20(15-4-2-10-21-15)14(19-13)11-12-5-8-17-9-6-12/h1,3,7,12,15,17H,2,4-6,8-11H2. The first-order valence-corrected chi connectivity index (χ1v) is 8.06. The molecular weight excluding hydrogens is 264 g/mol. The van der Waals surface area contributed by atoms with Crippen molar-refractivity contribution in [2.75, 3.05) is 19.7 Å². The van der Waals surface area contributed by atoms with Gasteiger partial charge in [0.25, 0.3) is 0 Å². The molecule has 0 saturated carbocycles. The number of aromatic nitrogens is 3. The van der Waals surface area contributed by atoms with Gasteiger partial charge in [-0.1, -0.05) is 0 Å². The summed E-state index contributed by atoms with van der Waals surface area (Å²) in [6.07, 6.45) is 7.69. The zero-order valence-electron chi connectivity index (χ0n) is 12.3. The third-order valence-electron chi connectivity index (χ3n) is 4.65. The summed E-state index contributed by atoms with van der Waals surface area (Å²) in [5.41, 5.74) is 1.98. The molecule has 2 aliphatic rings. The van der Waals surface area contributed by atoms with Crippen LogP contribution in [0.25, 0.3) is 11.2 Å². The van der Waals surface area contributed by atoms with E-state index in [2.05, 4.69) is 20.9 Å². The molecule has 5 nitrogen and oxygen atoms in total. The van der Waals surface area contributed by atoms with Crippen LogP contribution in [0.4, 0.5) is 0 Å². The first kappa shape index (κ1) is 13.2. The van der Waals surface area contributed by atoms with Crippen molar-refractivity contribution in [3.63, 3.8) is 0 Å². The van der Waals surface area contributed by atoms with Crippen LogP contribution in [-0.4, -0.2) is 34.2 Å². The van der Waals surface area contributed by atoms with Crippen LogP contribution in [0.2, 0.25) is 0 Å². The maximum atomic E-state index is 5.91. The van der Waals surface area contributed by atoms with Crippen LogP contribution in [0.3, 0.4) is 0 Å². The normalized spacial score (nSPS) is 23.9. The number of hydrogen-bond donors (Lipinski definition) is 1. The van der Waals surface area contributed by atoms with Crippen LogP contribution < -0.4 is 5.32 Å². The van der Waals surface area contributed by atoms with E-state index in [-0.39, 0.29) is 6.23 Å². The molecule has 0 radical (unpaired) electrons. The van der Waals surface area contributed by atoms with Gasteiger partial charge in [0, 0.05) is 19.2 Å². The summed E-state index contributed by atoms with van der Waals surface area (Å²) in [4.78, 5) is 9.40. The zero-order valence-corrected chi connectivity index (χ0v) is 12.3. The fourth-order valence-electron chi connectivity index (χ4n) is 3.53. The Balaban J connectivity index is 1.70. The van der Waals surface area contributed by atoms with E-state index in [1.165, 1.54) is 12.8 Å². The van der Waals surface area contributed by atoms with Crippen molar-refractivity contribution >= 4 is 11.2 Å². The summed E-state index contributed by atoms with van der Waals surface area (Å²) in [7, 11) is 0. The molecule has 4 heterocycles. The highest BCUT2D eigenvalue weighted by atomic mass is 16.5. The molecule has 5 heteroatoms. The molecule has 2 fully saturated rings. The maximum absolute atomic E-state index is 5.91. The fraction of sp³-hybridized carbons (Fsp3) is 0.625. The summed E-state index contributed by atoms with van der Waals surface area (Å²) in [6, 6.07) is 4.02. The molecule has 2 aromatic rings. The number of rotatable bonds is 3. The third kappa shape index (κ3) is 2.56. The molecule has 0 aliphatic carbocycles. The van der Waals surface area contributed by atoms with E-state index in [0.717, 1.165) is 61.9 Å². The highest BCUT2D eigenvalue weighted by Gasteiger charge is 2.25. The van der Waals surface area contributed by atoms with Crippen molar-refractivity contribution in [1.29, 1.82) is 0 Å². The van der Waals surface area contributed by atoms with Gasteiger partial charge in [-0.15, -0.1) is 0 Å². The highest BCUT2D eigenvalue weighted by molar-refractivity contribution is 5.71. The number of nitrogens with zero attached hydrogens (tertiary/aromatic N) is 3. The topological polar surface area (TPSA) is 52.0 Å². The van der Waals surface area contributed by atoms with Crippen LogP contribution in [0, 0.1) is 5.92 Å². The van der Waals surface area contributed by atoms with Gasteiger partial charge in [0.05, 0.1) is 0 Å². The fourth-order valence-corrected chi connectivity index (χ4v) is 3.53. The van der Waals surface area contributed by atoms with Crippen molar-refractivity contribution in [2.24, 2.45) is 5.92 Å². The van der Waals surface area contributed by atoms with Crippen LogP contribution >= 0.6 is 0 Å². The average Bonchev–Trinajstić information content (AvgIpc) is 3.14. The van der Waals surface area contributed by atoms with Gasteiger partial charge in [0.1, 0.15) is 17.6 Å². The second-order valence-corrected chi connectivity index (χ2v) is 6.11. The van der Waals surface area contributed by atoms with Crippen LogP contribution in [-0.2, 0) is 11.2 Å². The lowest BCUT2D eigenvalue weighted by atomic mass is 9.94. The lowest BCUT2D eigenvalue weighted by Crippen LogP contribution is -2.29. The van der Waals surface area contributed by atoms with Gasteiger partial charge in [-0.25, -0.2) is 9.97 Å². The van der Waals surface area contributed by atoms with Crippen molar-refractivity contribution in [3.05, 3.63) is 24.2 Å². The van der Waals surface area contributed by atoms with E-state index in [1.807, 2.05) is 12.3 Å². The third-order valence-corrected chi connectivity index (χ3v) is 4.65. The SMILES string of the molecule is c1cnc2c(c1)nc(CC1CCNCC1)n2C1CCCO1. The molecule has 0 aromatic carbocycles. The smallest absolute Gasteiger partial charge is 0.162 e. The minimum absolute atomic E-state index is 0.126. The molecule has 0 spiro atoms.